The minimum absolute atomic E-state index is 0.00572. The fourth-order valence-corrected chi connectivity index (χ4v) is 17.7. The number of aliphatic hydroxyl groups excluding tert-OH is 2. The SMILES string of the molecule is CC(C)(C)[Si](C)(C)OCc1cc(Cl)nc(NC2CCC(F)(F)CC2)c1.CC(C)(C)[Si](C)(C)OCc1cc(NC2CCC(F)(F)CC2)nc(-n2ccc(C3CC3)n2)c1.COC(=O)c1cc(Cl)nc(Cl)c1.COC(=O)c1cc(Cl)nc(NC2CCC(F)(F)CC2)c1.OCc1cc(Cl)nc(NC2CCC(F)(F)CC2)c1.OCc1cc(NC2CCC(F)(F)CC2)nc(-n2ccc(C3CC3)n2)c1. The van der Waals surface area contributed by atoms with E-state index in [4.69, 9.17) is 82.0 Å². The number of esters is 2. The molecule has 0 saturated heterocycles. The smallest absolute Gasteiger partial charge is 0.338 e. The van der Waals surface area contributed by atoms with E-state index >= 15 is 0 Å². The van der Waals surface area contributed by atoms with Crippen molar-refractivity contribution < 1.29 is 82.0 Å². The van der Waals surface area contributed by atoms with Gasteiger partial charge in [0.2, 0.25) is 29.6 Å². The number of anilines is 5. The molecule has 7 fully saturated rings. The number of aromatic nitrogens is 10. The van der Waals surface area contributed by atoms with E-state index in [1.807, 2.05) is 41.3 Å². The Labute approximate surface area is 792 Å². The third kappa shape index (κ3) is 33.9. The molecule has 0 aromatic carbocycles. The predicted molar refractivity (Wildman–Crippen MR) is 501 cm³/mol. The largest absolute Gasteiger partial charge is 0.465 e. The quantitative estimate of drug-likeness (QED) is 0.0128. The standard InChI is InChI=1S/C24H36F2N4OSi.C18H29ClF2N2OSi.C18H22F2N4O.C13H15ClF2N2O2.C12H15ClF2N2O.C7H5Cl2NO2/c1-23(2,3)32(4,5)31-16-17-14-21(27-19-8-11-24(25,26)12-9-19)28-22(15-17)30-13-10-20(29-30)18-6-7-18;1-17(2,3)25(4,5)24-12-13-10-15(19)23-16(11-13)22-14-6-8-18(20,21)9-7-14;19-18(20)6-3-14(4-7-18)21-16-9-12(11-25)10-17(22-16)24-8-5-15(23-24)13-1-2-13;1-20-12(19)8-6-10(14)18-11(7-8)17-9-2-4-13(15,16)5-3-9;13-10-5-8(7-18)6-11(17-10)16-9-1-3-12(14,15)4-2-9;1-12-7(11)4-2-5(8)10-6(9)3-4/h10,13-15,18-19H,6-9,11-12,16H2,1-5H3,(H,27,28);10-11,14H,6-9,12H2,1-5H3,(H,22,23);5,8-10,13-14,25H,1-4,6-7,11H2,(H,21,22);6-7,9H,2-5H2,1H3,(H,17,18);5-6,9,18H,1-4,7H2,(H,16,17);2-3H,1H3. The van der Waals surface area contributed by atoms with Crippen molar-refractivity contribution in [1.82, 2.24) is 49.5 Å². The Hall–Kier alpha value is -7.72. The first-order chi connectivity index (χ1) is 61.8. The summed E-state index contributed by atoms with van der Waals surface area (Å²) in [6.07, 6.45) is 11.8. The van der Waals surface area contributed by atoms with Crippen molar-refractivity contribution in [2.24, 2.45) is 0 Å². The third-order valence-electron chi connectivity index (χ3n) is 25.1. The van der Waals surface area contributed by atoms with Crippen molar-refractivity contribution in [2.45, 2.75) is 330 Å². The van der Waals surface area contributed by atoms with Crippen molar-refractivity contribution in [3.8, 4) is 11.6 Å². The van der Waals surface area contributed by atoms with Gasteiger partial charge in [0.15, 0.2) is 28.3 Å². The van der Waals surface area contributed by atoms with E-state index in [1.165, 1.54) is 64.2 Å². The average Bonchev–Trinajstić information content (AvgIpc) is 1.62. The maximum Gasteiger partial charge on any atom is 0.338 e. The highest BCUT2D eigenvalue weighted by Crippen LogP contribution is 2.45. The van der Waals surface area contributed by atoms with Gasteiger partial charge in [0.05, 0.1) is 63.2 Å². The van der Waals surface area contributed by atoms with Gasteiger partial charge in [-0.3, -0.25) is 0 Å². The first-order valence-corrected chi connectivity index (χ1v) is 52.4. The number of alkyl halides is 10. The molecular formula is C92H122Cl5F10N15O8Si2. The molecule has 0 atom stereocenters. The summed E-state index contributed by atoms with van der Waals surface area (Å²) in [6.45, 7) is 22.9. The Balaban J connectivity index is 0.000000168. The highest BCUT2D eigenvalue weighted by Gasteiger charge is 2.43. The normalized spacial score (nSPS) is 18.7. The highest BCUT2D eigenvalue weighted by molar-refractivity contribution is 6.74. The van der Waals surface area contributed by atoms with Crippen molar-refractivity contribution >= 4 is 116 Å². The number of rotatable bonds is 24. The number of halogens is 15. The molecule has 8 aromatic heterocycles. The van der Waals surface area contributed by atoms with Crippen LogP contribution >= 0.6 is 58.0 Å². The van der Waals surface area contributed by atoms with Gasteiger partial charge in [-0.1, -0.05) is 99.5 Å². The molecule has 0 radical (unpaired) electrons. The van der Waals surface area contributed by atoms with Gasteiger partial charge in [-0.05, 0) is 233 Å². The molecule has 40 heteroatoms. The summed E-state index contributed by atoms with van der Waals surface area (Å²) < 4.78 is 158. The van der Waals surface area contributed by atoms with Crippen molar-refractivity contribution in [2.75, 3.05) is 40.8 Å². The van der Waals surface area contributed by atoms with Crippen LogP contribution in [0.1, 0.15) is 262 Å². The van der Waals surface area contributed by atoms with Crippen LogP contribution < -0.4 is 26.6 Å². The lowest BCUT2D eigenvalue weighted by atomic mass is 9.92. The molecule has 7 aliphatic carbocycles. The lowest BCUT2D eigenvalue weighted by Crippen LogP contribution is -2.40. The number of carbonyl (C=O) groups is 2. The van der Waals surface area contributed by atoms with Crippen LogP contribution in [0.2, 0.25) is 62.0 Å². The van der Waals surface area contributed by atoms with Crippen molar-refractivity contribution in [1.29, 1.82) is 0 Å². The number of hydrogen-bond acceptors (Lipinski definition) is 21. The Morgan fingerprint density at radius 1 is 0.379 bits per heavy atom. The van der Waals surface area contributed by atoms with Gasteiger partial charge >= 0.3 is 11.9 Å². The van der Waals surface area contributed by atoms with E-state index in [0.717, 1.165) is 33.9 Å². The maximum atomic E-state index is 13.6. The Kier molecular flexibility index (Phi) is 37.0. The van der Waals surface area contributed by atoms with E-state index in [2.05, 4.69) is 140 Å². The molecule has 0 aliphatic heterocycles. The fraction of sp³-hybridized carbons (Fsp3) is 0.587. The van der Waals surface area contributed by atoms with Gasteiger partial charge in [0, 0.05) is 119 Å². The lowest BCUT2D eigenvalue weighted by molar-refractivity contribution is -0.0366. The Morgan fingerprint density at radius 2 is 0.629 bits per heavy atom. The molecule has 0 amide bonds. The van der Waals surface area contributed by atoms with Crippen molar-refractivity contribution in [3.05, 3.63) is 168 Å². The summed E-state index contributed by atoms with van der Waals surface area (Å²) >= 11 is 28.9. The second-order valence-corrected chi connectivity index (χ2v) is 49.6. The lowest BCUT2D eigenvalue weighted by Gasteiger charge is -2.36. The third-order valence-corrected chi connectivity index (χ3v) is 35.0. The number of ether oxygens (including phenoxy) is 2. The molecule has 8 heterocycles. The van der Waals surface area contributed by atoms with Crippen LogP contribution in [0, 0.1) is 0 Å². The summed E-state index contributed by atoms with van der Waals surface area (Å²) in [5.41, 5.74) is 6.09. The number of methoxy groups -OCH3 is 2. The minimum Gasteiger partial charge on any atom is -0.465 e. The molecule has 15 rings (SSSR count). The average molecular weight is 1990 g/mol. The zero-order valence-electron chi connectivity index (χ0n) is 76.6. The number of carbonyl (C=O) groups excluding carboxylic acids is 2. The second kappa shape index (κ2) is 46.0. The number of nitrogens with zero attached hydrogens (tertiary/aromatic N) is 10. The van der Waals surface area contributed by atoms with Gasteiger partial charge < -0.3 is 55.1 Å². The van der Waals surface area contributed by atoms with E-state index in [1.54, 1.807) is 35.0 Å². The van der Waals surface area contributed by atoms with Crippen LogP contribution in [0.15, 0.2) is 97.3 Å². The van der Waals surface area contributed by atoms with Crippen LogP contribution in [0.25, 0.3) is 11.6 Å². The Bertz CT molecular complexity index is 5080. The summed E-state index contributed by atoms with van der Waals surface area (Å²) in [5, 5.41) is 45.3. The highest BCUT2D eigenvalue weighted by atomic mass is 35.5. The Morgan fingerprint density at radius 3 is 0.924 bits per heavy atom. The van der Waals surface area contributed by atoms with E-state index in [-0.39, 0.29) is 144 Å². The zero-order valence-corrected chi connectivity index (χ0v) is 82.3. The molecule has 7 aliphatic rings. The zero-order chi connectivity index (χ0) is 96.5. The summed E-state index contributed by atoms with van der Waals surface area (Å²) in [7, 11) is -1.20. The minimum atomic E-state index is -2.57. The molecule has 8 aromatic rings. The summed E-state index contributed by atoms with van der Waals surface area (Å²) in [4.78, 5) is 47.8. The van der Waals surface area contributed by atoms with Crippen LogP contribution in [-0.2, 0) is 44.8 Å². The first kappa shape index (κ1) is 106. The number of hydrogen-bond donors (Lipinski definition) is 7. The van der Waals surface area contributed by atoms with Gasteiger partial charge in [0.1, 0.15) is 54.9 Å². The molecule has 7 saturated carbocycles. The molecule has 726 valence electrons. The predicted octanol–water partition coefficient (Wildman–Crippen LogP) is 25.4. The molecule has 0 unspecified atom stereocenters. The molecular weight excluding hydrogens is 1870 g/mol. The molecule has 132 heavy (non-hydrogen) atoms. The molecule has 7 N–H and O–H groups in total. The van der Waals surface area contributed by atoms with Crippen LogP contribution in [0.4, 0.5) is 73.0 Å². The number of aliphatic hydroxyl groups is 2. The van der Waals surface area contributed by atoms with Crippen LogP contribution in [0.5, 0.6) is 0 Å². The van der Waals surface area contributed by atoms with Crippen LogP contribution in [0.3, 0.4) is 0 Å². The molecule has 0 spiro atoms. The second-order valence-electron chi connectivity index (χ2n) is 38.1. The van der Waals surface area contributed by atoms with Gasteiger partial charge in [-0.15, -0.1) is 0 Å². The number of nitrogens with one attached hydrogen (secondary N) is 5. The molecule has 23 nitrogen and oxygen atoms in total. The van der Waals surface area contributed by atoms with Gasteiger partial charge in [0.25, 0.3) is 0 Å². The fourth-order valence-electron chi connectivity index (χ4n) is 14.7. The van der Waals surface area contributed by atoms with E-state index in [0.29, 0.717) is 140 Å². The van der Waals surface area contributed by atoms with Crippen molar-refractivity contribution in [3.63, 3.8) is 0 Å². The maximum absolute atomic E-state index is 13.6. The topological polar surface area (TPSA) is 285 Å². The van der Waals surface area contributed by atoms with Crippen LogP contribution in [-0.4, -0.2) is 162 Å². The van der Waals surface area contributed by atoms with Gasteiger partial charge in [-0.25, -0.2) is 92.8 Å². The van der Waals surface area contributed by atoms with E-state index in [9.17, 15) is 58.6 Å². The monoisotopic (exact) mass is 1990 g/mol. The number of pyridine rings is 6. The summed E-state index contributed by atoms with van der Waals surface area (Å²) in [6, 6.07) is 24.2. The summed E-state index contributed by atoms with van der Waals surface area (Å²) in [5.74, 6) is -8.36. The van der Waals surface area contributed by atoms with Gasteiger partial charge in [-0.2, -0.15) is 10.2 Å². The first-order valence-electron chi connectivity index (χ1n) is 44.7. The van der Waals surface area contributed by atoms with E-state index < -0.39 is 58.2 Å². The molecule has 0 bridgehead atoms.